The molecule has 1 aliphatic rings. The third kappa shape index (κ3) is 3.17. The highest BCUT2D eigenvalue weighted by molar-refractivity contribution is 7.89. The Kier molecular flexibility index (Phi) is 4.43. The van der Waals surface area contributed by atoms with Crippen LogP contribution in [0.4, 0.5) is 4.39 Å². The number of ether oxygens (including phenoxy) is 1. The molecule has 0 bridgehead atoms. The Bertz CT molecular complexity index is 583. The van der Waals surface area contributed by atoms with Crippen molar-refractivity contribution in [3.05, 3.63) is 29.6 Å². The number of hydrogen-bond acceptors (Lipinski definition) is 4. The largest absolute Gasteiger partial charge is 0.374 e. The SMILES string of the molecule is CC1(CNS(=O)(=O)c2cccc(F)c2CN)CCCO1. The molecule has 2 rings (SSSR count). The second-order valence-corrected chi connectivity index (χ2v) is 6.88. The number of halogens is 1. The summed E-state index contributed by atoms with van der Waals surface area (Å²) in [6, 6.07) is 3.91. The van der Waals surface area contributed by atoms with Gasteiger partial charge in [0.05, 0.1) is 10.5 Å². The van der Waals surface area contributed by atoms with Crippen molar-refractivity contribution in [1.29, 1.82) is 0 Å². The quantitative estimate of drug-likeness (QED) is 0.854. The standard InChI is InChI=1S/C13H19FN2O3S/c1-13(6-3-7-19-13)9-16-20(17,18)12-5-2-4-11(14)10(12)8-15/h2,4-5,16H,3,6-9,15H2,1H3. The fraction of sp³-hybridized carbons (Fsp3) is 0.538. The highest BCUT2D eigenvalue weighted by Gasteiger charge is 2.32. The van der Waals surface area contributed by atoms with Crippen molar-refractivity contribution in [2.24, 2.45) is 5.73 Å². The summed E-state index contributed by atoms with van der Waals surface area (Å²) >= 11 is 0. The Morgan fingerprint density at radius 1 is 1.50 bits per heavy atom. The molecule has 0 aliphatic carbocycles. The van der Waals surface area contributed by atoms with E-state index in [2.05, 4.69) is 4.72 Å². The van der Waals surface area contributed by atoms with E-state index in [9.17, 15) is 12.8 Å². The van der Waals surface area contributed by atoms with Crippen molar-refractivity contribution >= 4 is 10.0 Å². The molecule has 112 valence electrons. The van der Waals surface area contributed by atoms with E-state index < -0.39 is 21.4 Å². The van der Waals surface area contributed by atoms with Crippen LogP contribution in [0.25, 0.3) is 0 Å². The molecule has 1 heterocycles. The first-order chi connectivity index (χ1) is 9.38. The summed E-state index contributed by atoms with van der Waals surface area (Å²) in [4.78, 5) is -0.110. The van der Waals surface area contributed by atoms with Crippen molar-refractivity contribution < 1.29 is 17.5 Å². The molecular weight excluding hydrogens is 283 g/mol. The van der Waals surface area contributed by atoms with E-state index in [0.717, 1.165) is 12.8 Å². The Balaban J connectivity index is 2.20. The Morgan fingerprint density at radius 2 is 2.25 bits per heavy atom. The van der Waals surface area contributed by atoms with Gasteiger partial charge in [0.1, 0.15) is 5.82 Å². The Labute approximate surface area is 118 Å². The van der Waals surface area contributed by atoms with Crippen molar-refractivity contribution in [1.82, 2.24) is 4.72 Å². The molecule has 1 aliphatic heterocycles. The van der Waals surface area contributed by atoms with Crippen LogP contribution in [-0.2, 0) is 21.3 Å². The molecule has 0 radical (unpaired) electrons. The number of hydrogen-bond donors (Lipinski definition) is 2. The number of sulfonamides is 1. The molecule has 1 unspecified atom stereocenters. The van der Waals surface area contributed by atoms with Gasteiger partial charge in [0.25, 0.3) is 0 Å². The minimum atomic E-state index is -3.80. The van der Waals surface area contributed by atoms with E-state index in [0.29, 0.717) is 6.61 Å². The number of benzene rings is 1. The van der Waals surface area contributed by atoms with E-state index in [1.807, 2.05) is 6.92 Å². The molecule has 1 saturated heterocycles. The first kappa shape index (κ1) is 15.4. The minimum absolute atomic E-state index is 0.00232. The number of nitrogens with one attached hydrogen (secondary N) is 1. The van der Waals surface area contributed by atoms with Crippen LogP contribution in [0.5, 0.6) is 0 Å². The zero-order valence-corrected chi connectivity index (χ0v) is 12.2. The predicted molar refractivity (Wildman–Crippen MR) is 73.1 cm³/mol. The van der Waals surface area contributed by atoms with Gasteiger partial charge in [-0.15, -0.1) is 0 Å². The minimum Gasteiger partial charge on any atom is -0.374 e. The third-order valence-corrected chi connectivity index (χ3v) is 4.99. The first-order valence-electron chi connectivity index (χ1n) is 6.49. The van der Waals surface area contributed by atoms with Gasteiger partial charge in [-0.25, -0.2) is 17.5 Å². The Hall–Kier alpha value is -1.02. The van der Waals surface area contributed by atoms with Crippen LogP contribution in [0.3, 0.4) is 0 Å². The van der Waals surface area contributed by atoms with Gasteiger partial charge in [0.2, 0.25) is 10.0 Å². The maximum absolute atomic E-state index is 13.6. The first-order valence-corrected chi connectivity index (χ1v) is 7.97. The average Bonchev–Trinajstić information content (AvgIpc) is 2.84. The van der Waals surface area contributed by atoms with Crippen LogP contribution < -0.4 is 10.5 Å². The van der Waals surface area contributed by atoms with E-state index in [4.69, 9.17) is 10.5 Å². The summed E-state index contributed by atoms with van der Waals surface area (Å²) in [5, 5.41) is 0. The number of nitrogens with two attached hydrogens (primary N) is 1. The van der Waals surface area contributed by atoms with Crippen LogP contribution >= 0.6 is 0 Å². The van der Waals surface area contributed by atoms with Crippen LogP contribution in [-0.4, -0.2) is 27.2 Å². The number of rotatable bonds is 5. The van der Waals surface area contributed by atoms with Crippen LogP contribution in [0.2, 0.25) is 0 Å². The van der Waals surface area contributed by atoms with E-state index in [1.165, 1.54) is 18.2 Å². The van der Waals surface area contributed by atoms with E-state index >= 15 is 0 Å². The third-order valence-electron chi connectivity index (χ3n) is 3.51. The normalized spacial score (nSPS) is 23.1. The summed E-state index contributed by atoms with van der Waals surface area (Å²) in [5.41, 5.74) is 4.94. The van der Waals surface area contributed by atoms with E-state index in [1.54, 1.807) is 0 Å². The maximum Gasteiger partial charge on any atom is 0.241 e. The lowest BCUT2D eigenvalue weighted by Gasteiger charge is -2.23. The van der Waals surface area contributed by atoms with Crippen LogP contribution in [0.15, 0.2) is 23.1 Å². The predicted octanol–water partition coefficient (Wildman–Crippen LogP) is 1.13. The fourth-order valence-corrected chi connectivity index (χ4v) is 3.70. The fourth-order valence-electron chi connectivity index (χ4n) is 2.29. The molecule has 0 saturated carbocycles. The van der Waals surface area contributed by atoms with Crippen molar-refractivity contribution in [2.75, 3.05) is 13.2 Å². The highest BCUT2D eigenvalue weighted by Crippen LogP contribution is 2.25. The van der Waals surface area contributed by atoms with Crippen molar-refractivity contribution in [2.45, 2.75) is 36.8 Å². The monoisotopic (exact) mass is 302 g/mol. The Morgan fingerprint density at radius 3 is 2.85 bits per heavy atom. The van der Waals surface area contributed by atoms with Gasteiger partial charge in [-0.2, -0.15) is 0 Å². The molecule has 0 aromatic heterocycles. The van der Waals surface area contributed by atoms with Gasteiger partial charge < -0.3 is 10.5 Å². The smallest absolute Gasteiger partial charge is 0.241 e. The molecule has 7 heteroatoms. The second-order valence-electron chi connectivity index (χ2n) is 5.15. The topological polar surface area (TPSA) is 81.4 Å². The lowest BCUT2D eigenvalue weighted by Crippen LogP contribution is -2.40. The lowest BCUT2D eigenvalue weighted by molar-refractivity contribution is 0.0250. The van der Waals surface area contributed by atoms with Crippen molar-refractivity contribution in [3.63, 3.8) is 0 Å². The van der Waals surface area contributed by atoms with Gasteiger partial charge in [0, 0.05) is 25.3 Å². The summed E-state index contributed by atoms with van der Waals surface area (Å²) in [6.07, 6.45) is 1.70. The van der Waals surface area contributed by atoms with Crippen LogP contribution in [0.1, 0.15) is 25.3 Å². The molecule has 1 atom stereocenters. The maximum atomic E-state index is 13.6. The molecular formula is C13H19FN2O3S. The molecule has 5 nitrogen and oxygen atoms in total. The van der Waals surface area contributed by atoms with Gasteiger partial charge in [-0.1, -0.05) is 6.07 Å². The summed E-state index contributed by atoms with van der Waals surface area (Å²) in [5.74, 6) is -0.612. The molecule has 1 aromatic carbocycles. The molecule has 1 fully saturated rings. The molecule has 3 N–H and O–H groups in total. The van der Waals surface area contributed by atoms with Crippen LogP contribution in [0, 0.1) is 5.82 Å². The molecule has 0 amide bonds. The zero-order chi connectivity index (χ0) is 14.8. The van der Waals surface area contributed by atoms with Crippen molar-refractivity contribution in [3.8, 4) is 0 Å². The molecule has 20 heavy (non-hydrogen) atoms. The second kappa shape index (κ2) is 5.77. The van der Waals surface area contributed by atoms with E-state index in [-0.39, 0.29) is 23.5 Å². The summed E-state index contributed by atoms with van der Waals surface area (Å²) in [7, 11) is -3.80. The average molecular weight is 302 g/mol. The molecule has 0 spiro atoms. The highest BCUT2D eigenvalue weighted by atomic mass is 32.2. The van der Waals surface area contributed by atoms with Gasteiger partial charge in [-0.05, 0) is 31.9 Å². The van der Waals surface area contributed by atoms with Gasteiger partial charge in [-0.3, -0.25) is 0 Å². The van der Waals surface area contributed by atoms with Gasteiger partial charge in [0.15, 0.2) is 0 Å². The summed E-state index contributed by atoms with van der Waals surface area (Å²) < 4.78 is 46.2. The zero-order valence-electron chi connectivity index (χ0n) is 11.4. The van der Waals surface area contributed by atoms with Gasteiger partial charge >= 0.3 is 0 Å². The summed E-state index contributed by atoms with van der Waals surface area (Å²) in [6.45, 7) is 2.48. The molecule has 1 aromatic rings. The lowest BCUT2D eigenvalue weighted by atomic mass is 10.0.